The van der Waals surface area contributed by atoms with Crippen LogP contribution in [-0.4, -0.2) is 74.0 Å². The third-order valence-electron chi connectivity index (χ3n) is 7.90. The fraction of sp³-hybridized carbons (Fsp3) is 0.600. The highest BCUT2D eigenvalue weighted by molar-refractivity contribution is 7.91. The second-order valence-electron chi connectivity index (χ2n) is 12.5. The van der Waals surface area contributed by atoms with Crippen molar-refractivity contribution in [3.05, 3.63) is 36.4 Å². The van der Waals surface area contributed by atoms with Crippen LogP contribution in [0.4, 0.5) is 10.5 Å². The number of alkyl carbamates (subject to hydrolysis) is 1. The third kappa shape index (κ3) is 8.42. The zero-order valence-electron chi connectivity index (χ0n) is 25.7. The topological polar surface area (TPSA) is 172 Å². The summed E-state index contributed by atoms with van der Waals surface area (Å²) < 4.78 is 40.6. The molecule has 1 aliphatic carbocycles. The fourth-order valence-corrected chi connectivity index (χ4v) is 6.52. The number of rotatable bonds is 6. The van der Waals surface area contributed by atoms with Gasteiger partial charge in [-0.05, 0) is 83.6 Å². The van der Waals surface area contributed by atoms with Crippen LogP contribution in [0.1, 0.15) is 72.1 Å². The number of anilines is 1. The van der Waals surface area contributed by atoms with Gasteiger partial charge >= 0.3 is 16.3 Å². The van der Waals surface area contributed by atoms with Crippen molar-refractivity contribution in [1.82, 2.24) is 20.3 Å². The van der Waals surface area contributed by atoms with E-state index in [2.05, 4.69) is 20.1 Å². The summed E-state index contributed by atoms with van der Waals surface area (Å²) in [5.74, 6) is -1.69. The van der Waals surface area contributed by atoms with E-state index in [4.69, 9.17) is 9.47 Å². The molecule has 1 aromatic rings. The molecule has 4 rings (SSSR count). The quantitative estimate of drug-likeness (QED) is 0.346. The molecule has 2 fully saturated rings. The number of ether oxygens (including phenoxy) is 2. The lowest BCUT2D eigenvalue weighted by Crippen LogP contribution is -2.58. The van der Waals surface area contributed by atoms with Crippen molar-refractivity contribution in [2.24, 2.45) is 5.92 Å². The van der Waals surface area contributed by atoms with E-state index >= 15 is 0 Å². The number of nitrogens with zero attached hydrogens (tertiary/aromatic N) is 1. The molecule has 242 valence electrons. The molecule has 1 aromatic carbocycles. The van der Waals surface area contributed by atoms with Gasteiger partial charge in [-0.3, -0.25) is 19.1 Å². The van der Waals surface area contributed by atoms with Crippen molar-refractivity contribution in [2.45, 2.75) is 95.4 Å². The average molecular weight is 634 g/mol. The number of benzene rings is 1. The van der Waals surface area contributed by atoms with Crippen molar-refractivity contribution in [3.8, 4) is 5.75 Å². The summed E-state index contributed by atoms with van der Waals surface area (Å²) >= 11 is 0. The number of fused-ring (bicyclic) bond motifs is 2. The molecule has 0 aromatic heterocycles. The largest absolute Gasteiger partial charge is 0.497 e. The van der Waals surface area contributed by atoms with Gasteiger partial charge < -0.3 is 25.0 Å². The average Bonchev–Trinajstić information content (AvgIpc) is 3.40. The van der Waals surface area contributed by atoms with E-state index in [1.54, 1.807) is 32.9 Å². The number of hydrogen-bond donors (Lipinski definition) is 4. The highest BCUT2D eigenvalue weighted by Crippen LogP contribution is 2.45. The Kier molecular flexibility index (Phi) is 10.1. The summed E-state index contributed by atoms with van der Waals surface area (Å²) in [6.07, 6.45) is 7.59. The van der Waals surface area contributed by atoms with E-state index in [-0.39, 0.29) is 12.1 Å². The van der Waals surface area contributed by atoms with Crippen LogP contribution in [-0.2, 0) is 29.3 Å². The summed E-state index contributed by atoms with van der Waals surface area (Å²) in [4.78, 5) is 54.9. The lowest BCUT2D eigenvalue weighted by atomic mass is 10.0. The molecule has 2 aliphatic heterocycles. The summed E-state index contributed by atoms with van der Waals surface area (Å²) in [7, 11) is -2.85. The van der Waals surface area contributed by atoms with E-state index in [1.165, 1.54) is 24.1 Å². The Labute approximate surface area is 258 Å². The smallest absolute Gasteiger partial charge is 0.408 e. The standard InChI is InChI=1S/C30H43N5O8S/c1-29(2,3)43-28(39)31-23-12-9-7-5-6-8-11-20-19-30(20,32-25(36)24-13-10-18-35(24)26(23)37)27(38)34-44(40,41)33-21-14-16-22(42-4)17-15-21/h8,11,14-17,20,23-24,33H,5-7,9-10,12-13,18-19H2,1-4H3,(H,31,39)(H,32,36)(H,34,38)/b11-8-/t20?,23-,24-,30+/m0/s1. The first-order valence-corrected chi connectivity index (χ1v) is 16.5. The number of methoxy groups -OCH3 is 1. The first-order valence-electron chi connectivity index (χ1n) is 15.0. The molecule has 1 unspecified atom stereocenters. The van der Waals surface area contributed by atoms with Gasteiger partial charge in [-0.15, -0.1) is 0 Å². The number of nitrogens with one attached hydrogen (secondary N) is 4. The minimum Gasteiger partial charge on any atom is -0.497 e. The second-order valence-corrected chi connectivity index (χ2v) is 13.9. The van der Waals surface area contributed by atoms with E-state index in [0.29, 0.717) is 44.4 Å². The molecule has 1 saturated carbocycles. The molecule has 44 heavy (non-hydrogen) atoms. The molecule has 4 amide bonds. The predicted octanol–water partition coefficient (Wildman–Crippen LogP) is 2.75. The van der Waals surface area contributed by atoms with Crippen molar-refractivity contribution >= 4 is 39.7 Å². The molecular weight excluding hydrogens is 590 g/mol. The maximum Gasteiger partial charge on any atom is 0.408 e. The number of carbonyl (C=O) groups is 4. The van der Waals surface area contributed by atoms with E-state index < -0.39 is 63.2 Å². The Morgan fingerprint density at radius 3 is 2.45 bits per heavy atom. The van der Waals surface area contributed by atoms with Gasteiger partial charge in [0.05, 0.1) is 12.8 Å². The maximum atomic E-state index is 13.7. The van der Waals surface area contributed by atoms with Crippen molar-refractivity contribution in [3.63, 3.8) is 0 Å². The zero-order valence-corrected chi connectivity index (χ0v) is 26.5. The summed E-state index contributed by atoms with van der Waals surface area (Å²) in [5, 5.41) is 5.50. The Morgan fingerprint density at radius 1 is 1.05 bits per heavy atom. The van der Waals surface area contributed by atoms with Crippen LogP contribution in [0.25, 0.3) is 0 Å². The monoisotopic (exact) mass is 633 g/mol. The number of allylic oxidation sites excluding steroid dienone is 1. The van der Waals surface area contributed by atoms with Gasteiger partial charge in [0.25, 0.3) is 5.91 Å². The number of amides is 4. The molecular formula is C30H43N5O8S. The van der Waals surface area contributed by atoms with Gasteiger partial charge in [0, 0.05) is 12.5 Å². The summed E-state index contributed by atoms with van der Waals surface area (Å²) in [5.41, 5.74) is -2.02. The maximum absolute atomic E-state index is 13.7. The summed E-state index contributed by atoms with van der Waals surface area (Å²) in [6.45, 7) is 5.51. The molecule has 13 nitrogen and oxygen atoms in total. The van der Waals surface area contributed by atoms with Gasteiger partial charge in [-0.25, -0.2) is 9.52 Å². The lowest BCUT2D eigenvalue weighted by molar-refractivity contribution is -0.141. The summed E-state index contributed by atoms with van der Waals surface area (Å²) in [6, 6.07) is 4.38. The first kappa shape index (κ1) is 33.1. The molecule has 0 spiro atoms. The minimum atomic E-state index is -4.34. The van der Waals surface area contributed by atoms with Crippen LogP contribution in [0.2, 0.25) is 0 Å². The van der Waals surface area contributed by atoms with Crippen LogP contribution in [0, 0.1) is 5.92 Å². The Hall–Kier alpha value is -3.81. The van der Waals surface area contributed by atoms with Gasteiger partial charge in [-0.1, -0.05) is 25.0 Å². The number of hydrogen-bond acceptors (Lipinski definition) is 8. The van der Waals surface area contributed by atoms with Crippen LogP contribution in [0.5, 0.6) is 5.75 Å². The van der Waals surface area contributed by atoms with Crippen LogP contribution < -0.4 is 24.8 Å². The Morgan fingerprint density at radius 2 is 1.77 bits per heavy atom. The molecule has 2 heterocycles. The predicted molar refractivity (Wildman–Crippen MR) is 163 cm³/mol. The molecule has 0 radical (unpaired) electrons. The number of carbonyl (C=O) groups excluding carboxylic acids is 4. The molecule has 3 aliphatic rings. The van der Waals surface area contributed by atoms with Gasteiger partial charge in [-0.2, -0.15) is 8.42 Å². The van der Waals surface area contributed by atoms with Crippen LogP contribution in [0.3, 0.4) is 0 Å². The lowest BCUT2D eigenvalue weighted by Gasteiger charge is -2.30. The zero-order chi connectivity index (χ0) is 32.1. The molecule has 1 saturated heterocycles. The van der Waals surface area contributed by atoms with Crippen LogP contribution >= 0.6 is 0 Å². The second kappa shape index (κ2) is 13.4. The molecule has 4 N–H and O–H groups in total. The SMILES string of the molecule is COc1ccc(NS(=O)(=O)NC(=O)[C@@]23CC2/C=C\CCCCC[C@H](NC(=O)OC(C)(C)C)C(=O)N2CCC[C@H]2C(=O)N3)cc1. The highest BCUT2D eigenvalue weighted by Gasteiger charge is 2.61. The van der Waals surface area contributed by atoms with E-state index in [9.17, 15) is 27.6 Å². The Bertz CT molecular complexity index is 1370. The van der Waals surface area contributed by atoms with Gasteiger partial charge in [0.15, 0.2) is 0 Å². The van der Waals surface area contributed by atoms with E-state index in [1.807, 2.05) is 12.2 Å². The van der Waals surface area contributed by atoms with Gasteiger partial charge in [0.2, 0.25) is 11.8 Å². The Balaban J connectivity index is 1.52. The molecule has 0 bridgehead atoms. The highest BCUT2D eigenvalue weighted by atomic mass is 32.2. The molecule has 4 atom stereocenters. The minimum absolute atomic E-state index is 0.211. The van der Waals surface area contributed by atoms with Crippen molar-refractivity contribution < 1.29 is 37.1 Å². The van der Waals surface area contributed by atoms with Crippen LogP contribution in [0.15, 0.2) is 36.4 Å². The van der Waals surface area contributed by atoms with Crippen molar-refractivity contribution in [2.75, 3.05) is 18.4 Å². The normalized spacial score (nSPS) is 26.9. The third-order valence-corrected chi connectivity index (χ3v) is 8.85. The fourth-order valence-electron chi connectivity index (χ4n) is 5.60. The van der Waals surface area contributed by atoms with Crippen molar-refractivity contribution in [1.29, 1.82) is 0 Å². The molecule has 14 heteroatoms. The van der Waals surface area contributed by atoms with Gasteiger partial charge in [0.1, 0.15) is 29.0 Å². The first-order chi connectivity index (χ1) is 20.7. The van der Waals surface area contributed by atoms with E-state index in [0.717, 1.165) is 12.8 Å².